The summed E-state index contributed by atoms with van der Waals surface area (Å²) in [7, 11) is 0. The second-order valence-corrected chi connectivity index (χ2v) is 2.53. The number of nitrogens with zero attached hydrogens (tertiary/aromatic N) is 3. The summed E-state index contributed by atoms with van der Waals surface area (Å²) in [6.07, 6.45) is 0. The van der Waals surface area contributed by atoms with Crippen molar-refractivity contribution in [1.29, 1.82) is 0 Å². The van der Waals surface area contributed by atoms with Crippen LogP contribution in [0, 0.1) is 11.8 Å². The molecule has 0 aromatic heterocycles. The van der Waals surface area contributed by atoms with E-state index in [1.54, 1.807) is 18.2 Å². The van der Waals surface area contributed by atoms with E-state index in [9.17, 15) is 0 Å². The number of benzene rings is 1. The summed E-state index contributed by atoms with van der Waals surface area (Å²) in [5.41, 5.74) is 20.9. The second kappa shape index (κ2) is 4.65. The first-order valence-corrected chi connectivity index (χ1v) is 3.89. The largest absolute Gasteiger partial charge is 0.397 e. The lowest BCUT2D eigenvalue weighted by molar-refractivity contribution is 1.25. The minimum Gasteiger partial charge on any atom is -0.397 e. The average Bonchev–Trinajstić information content (AvgIpc) is 2.18. The van der Waals surface area contributed by atoms with Crippen LogP contribution in [0.25, 0.3) is 10.4 Å². The molecule has 0 amide bonds. The van der Waals surface area contributed by atoms with Crippen LogP contribution in [0.4, 0.5) is 11.4 Å². The number of azide groups is 1. The fourth-order valence-electron chi connectivity index (χ4n) is 0.861. The first-order chi connectivity index (χ1) is 6.74. The fraction of sp³-hybridized carbons (Fsp3) is 0.111. The zero-order valence-corrected chi connectivity index (χ0v) is 7.44. The Morgan fingerprint density at radius 3 is 2.79 bits per heavy atom. The molecule has 5 nitrogen and oxygen atoms in total. The first-order valence-electron chi connectivity index (χ1n) is 3.89. The van der Waals surface area contributed by atoms with E-state index in [4.69, 9.17) is 17.0 Å². The highest BCUT2D eigenvalue weighted by Crippen LogP contribution is 2.14. The van der Waals surface area contributed by atoms with E-state index < -0.39 is 0 Å². The highest BCUT2D eigenvalue weighted by molar-refractivity contribution is 5.65. The lowest BCUT2D eigenvalue weighted by Crippen LogP contribution is -1.94. The van der Waals surface area contributed by atoms with Gasteiger partial charge in [-0.25, -0.2) is 0 Å². The van der Waals surface area contributed by atoms with Crippen molar-refractivity contribution in [1.82, 2.24) is 0 Å². The minimum atomic E-state index is 0.154. The summed E-state index contributed by atoms with van der Waals surface area (Å²) in [6.45, 7) is 0.154. The fourth-order valence-corrected chi connectivity index (χ4v) is 0.861. The Bertz CT molecular complexity index is 434. The van der Waals surface area contributed by atoms with Crippen LogP contribution >= 0.6 is 0 Å². The van der Waals surface area contributed by atoms with E-state index in [-0.39, 0.29) is 6.54 Å². The summed E-state index contributed by atoms with van der Waals surface area (Å²) in [5.74, 6) is 5.48. The maximum absolute atomic E-state index is 8.00. The molecule has 4 N–H and O–H groups in total. The summed E-state index contributed by atoms with van der Waals surface area (Å²) in [6, 6.07) is 5.13. The van der Waals surface area contributed by atoms with Crippen LogP contribution < -0.4 is 11.5 Å². The smallest absolute Gasteiger partial charge is 0.0880 e. The number of rotatable bonds is 1. The van der Waals surface area contributed by atoms with Gasteiger partial charge in [0, 0.05) is 10.5 Å². The number of hydrogen-bond acceptors (Lipinski definition) is 3. The molecule has 0 aliphatic heterocycles. The van der Waals surface area contributed by atoms with E-state index in [0.717, 1.165) is 5.56 Å². The molecule has 14 heavy (non-hydrogen) atoms. The van der Waals surface area contributed by atoms with Crippen LogP contribution in [0.2, 0.25) is 0 Å². The van der Waals surface area contributed by atoms with Gasteiger partial charge < -0.3 is 11.5 Å². The quantitative estimate of drug-likeness (QED) is 0.229. The lowest BCUT2D eigenvalue weighted by atomic mass is 10.2. The molecular weight excluding hydrogens is 178 g/mol. The number of nitrogen functional groups attached to an aromatic ring is 2. The second-order valence-electron chi connectivity index (χ2n) is 2.53. The molecule has 1 aromatic carbocycles. The van der Waals surface area contributed by atoms with Crippen molar-refractivity contribution in [2.75, 3.05) is 18.0 Å². The van der Waals surface area contributed by atoms with Gasteiger partial charge in [0.25, 0.3) is 0 Å². The molecule has 1 aromatic rings. The van der Waals surface area contributed by atoms with E-state index in [0.29, 0.717) is 11.4 Å². The van der Waals surface area contributed by atoms with Gasteiger partial charge >= 0.3 is 0 Å². The molecule has 0 spiro atoms. The van der Waals surface area contributed by atoms with Gasteiger partial charge in [-0.3, -0.25) is 0 Å². The topological polar surface area (TPSA) is 101 Å². The summed E-state index contributed by atoms with van der Waals surface area (Å²) >= 11 is 0. The standard InChI is InChI=1S/C9H9N5/c10-8-4-3-7(6-9(8)11)2-1-5-13-14-12/h3-4,6H,5,10-11H2. The van der Waals surface area contributed by atoms with Gasteiger partial charge in [0.15, 0.2) is 0 Å². The molecule has 0 saturated carbocycles. The molecule has 0 radical (unpaired) electrons. The van der Waals surface area contributed by atoms with Crippen molar-refractivity contribution in [3.05, 3.63) is 34.2 Å². The van der Waals surface area contributed by atoms with Gasteiger partial charge in [-0.15, -0.1) is 0 Å². The highest BCUT2D eigenvalue weighted by Gasteiger charge is 1.93. The van der Waals surface area contributed by atoms with E-state index in [2.05, 4.69) is 21.9 Å². The van der Waals surface area contributed by atoms with Crippen LogP contribution in [0.5, 0.6) is 0 Å². The number of anilines is 2. The van der Waals surface area contributed by atoms with Crippen molar-refractivity contribution in [2.24, 2.45) is 5.11 Å². The Morgan fingerprint density at radius 1 is 1.36 bits per heavy atom. The molecule has 0 bridgehead atoms. The van der Waals surface area contributed by atoms with Crippen molar-refractivity contribution >= 4 is 11.4 Å². The molecule has 5 heteroatoms. The Hall–Kier alpha value is -2.31. The third-order valence-electron chi connectivity index (χ3n) is 1.53. The van der Waals surface area contributed by atoms with E-state index in [1.807, 2.05) is 0 Å². The van der Waals surface area contributed by atoms with Gasteiger partial charge in [0.05, 0.1) is 17.9 Å². The Morgan fingerprint density at radius 2 is 2.14 bits per heavy atom. The minimum absolute atomic E-state index is 0.154. The van der Waals surface area contributed by atoms with E-state index >= 15 is 0 Å². The molecule has 70 valence electrons. The normalized spacial score (nSPS) is 8.29. The highest BCUT2D eigenvalue weighted by atomic mass is 15.1. The number of nitrogens with two attached hydrogens (primary N) is 2. The van der Waals surface area contributed by atoms with Crippen molar-refractivity contribution < 1.29 is 0 Å². The molecule has 1 rings (SSSR count). The van der Waals surface area contributed by atoms with Crippen molar-refractivity contribution in [2.45, 2.75) is 0 Å². The lowest BCUT2D eigenvalue weighted by Gasteiger charge is -1.98. The zero-order valence-electron chi connectivity index (χ0n) is 7.44. The molecule has 0 unspecified atom stereocenters. The monoisotopic (exact) mass is 187 g/mol. The average molecular weight is 187 g/mol. The predicted octanol–water partition coefficient (Wildman–Crippen LogP) is 1.51. The third kappa shape index (κ3) is 2.63. The molecule has 0 aliphatic carbocycles. The Balaban J connectivity index is 2.80. The maximum atomic E-state index is 8.00. The van der Waals surface area contributed by atoms with E-state index in [1.165, 1.54) is 0 Å². The van der Waals surface area contributed by atoms with Crippen LogP contribution in [-0.2, 0) is 0 Å². The molecule has 0 aliphatic rings. The van der Waals surface area contributed by atoms with Crippen LogP contribution in [0.15, 0.2) is 23.3 Å². The molecule has 0 fully saturated rings. The maximum Gasteiger partial charge on any atom is 0.0880 e. The van der Waals surface area contributed by atoms with Gasteiger partial charge in [-0.05, 0) is 23.7 Å². The number of hydrogen-bond donors (Lipinski definition) is 2. The third-order valence-corrected chi connectivity index (χ3v) is 1.53. The predicted molar refractivity (Wildman–Crippen MR) is 56.2 cm³/mol. The Labute approximate surface area is 81.3 Å². The summed E-state index contributed by atoms with van der Waals surface area (Å²) in [5, 5.41) is 3.28. The van der Waals surface area contributed by atoms with Crippen molar-refractivity contribution in [3.63, 3.8) is 0 Å². The van der Waals surface area contributed by atoms with Crippen LogP contribution in [0.1, 0.15) is 5.56 Å². The van der Waals surface area contributed by atoms with Crippen LogP contribution in [-0.4, -0.2) is 6.54 Å². The van der Waals surface area contributed by atoms with Gasteiger partial charge in [-0.1, -0.05) is 17.0 Å². The summed E-state index contributed by atoms with van der Waals surface area (Å²) in [4.78, 5) is 2.58. The molecule has 0 saturated heterocycles. The first kappa shape index (κ1) is 9.78. The van der Waals surface area contributed by atoms with Crippen molar-refractivity contribution in [3.8, 4) is 11.8 Å². The van der Waals surface area contributed by atoms with Gasteiger partial charge in [-0.2, -0.15) is 0 Å². The van der Waals surface area contributed by atoms with Gasteiger partial charge in [0.1, 0.15) is 0 Å². The SMILES string of the molecule is [N-]=[N+]=NCC#Cc1ccc(N)c(N)c1. The molecule has 0 atom stereocenters. The summed E-state index contributed by atoms with van der Waals surface area (Å²) < 4.78 is 0. The zero-order chi connectivity index (χ0) is 10.4. The molecule has 0 heterocycles. The van der Waals surface area contributed by atoms with Crippen LogP contribution in [0.3, 0.4) is 0 Å². The Kier molecular flexibility index (Phi) is 3.25. The molecular formula is C9H9N5. The van der Waals surface area contributed by atoms with Gasteiger partial charge in [0.2, 0.25) is 0 Å².